The third-order valence-corrected chi connectivity index (χ3v) is 9.49. The van der Waals surface area contributed by atoms with Gasteiger partial charge in [-0.3, -0.25) is 9.10 Å². The number of amides is 1. The van der Waals surface area contributed by atoms with Crippen molar-refractivity contribution in [2.45, 2.75) is 17.9 Å². The maximum absolute atomic E-state index is 12.7. The van der Waals surface area contributed by atoms with E-state index in [-0.39, 0.29) is 30.3 Å². The monoisotopic (exact) mass is 539 g/mol. The number of fused-ring (bicyclic) bond motifs is 1. The zero-order valence-electron chi connectivity index (χ0n) is 19.8. The van der Waals surface area contributed by atoms with Gasteiger partial charge in [0.15, 0.2) is 6.10 Å². The van der Waals surface area contributed by atoms with Crippen molar-refractivity contribution < 1.29 is 35.8 Å². The molecule has 0 aliphatic carbocycles. The molecule has 4 rings (SSSR count). The third-order valence-electron chi connectivity index (χ3n) is 5.83. The fourth-order valence-electron chi connectivity index (χ4n) is 3.86. The molecule has 0 aromatic heterocycles. The van der Waals surface area contributed by atoms with Crippen LogP contribution in [-0.4, -0.2) is 84.9 Å². The summed E-state index contributed by atoms with van der Waals surface area (Å²) in [6, 6.07) is 12.8. The first-order valence-electron chi connectivity index (χ1n) is 11.6. The molecule has 11 nitrogen and oxygen atoms in total. The zero-order chi connectivity index (χ0) is 25.8. The quantitative estimate of drug-likeness (QED) is 0.464. The number of ether oxygens (including phenoxy) is 3. The van der Waals surface area contributed by atoms with E-state index in [4.69, 9.17) is 14.2 Å². The van der Waals surface area contributed by atoms with Crippen LogP contribution >= 0.6 is 0 Å². The predicted octanol–water partition coefficient (Wildman–Crippen LogP) is 0.820. The topological polar surface area (TPSA) is 132 Å². The standard InChI is InChI=1S/C23H29N3O8S2/c1-2-35(28,29)26-17-22(34-21-6-4-3-5-20(21)26)23(27)24-11-14-33-18-7-9-19(10-8-18)36(30,31)25-12-15-32-16-13-25/h3-10,22H,2,11-17H2,1H3,(H,24,27)/t22-/m1/s1. The lowest BCUT2D eigenvalue weighted by Gasteiger charge is -2.34. The molecule has 196 valence electrons. The second kappa shape index (κ2) is 11.0. The van der Waals surface area contributed by atoms with Gasteiger partial charge in [-0.1, -0.05) is 12.1 Å². The smallest absolute Gasteiger partial charge is 0.263 e. The van der Waals surface area contributed by atoms with Crippen molar-refractivity contribution in [1.29, 1.82) is 0 Å². The van der Waals surface area contributed by atoms with Gasteiger partial charge in [0, 0.05) is 13.1 Å². The highest BCUT2D eigenvalue weighted by atomic mass is 32.2. The molecule has 2 aliphatic rings. The van der Waals surface area contributed by atoms with Gasteiger partial charge in [-0.05, 0) is 43.3 Å². The van der Waals surface area contributed by atoms with Crippen LogP contribution in [0.4, 0.5) is 5.69 Å². The minimum atomic E-state index is -3.59. The summed E-state index contributed by atoms with van der Waals surface area (Å²) in [5.74, 6) is 0.213. The highest BCUT2D eigenvalue weighted by molar-refractivity contribution is 7.92. The van der Waals surface area contributed by atoms with E-state index < -0.39 is 32.1 Å². The fraction of sp³-hybridized carbons (Fsp3) is 0.435. The first-order chi connectivity index (χ1) is 17.2. The number of carbonyl (C=O) groups is 1. The summed E-state index contributed by atoms with van der Waals surface area (Å²) in [7, 11) is -7.17. The first kappa shape index (κ1) is 26.2. The molecule has 0 radical (unpaired) electrons. The Morgan fingerprint density at radius 1 is 1.06 bits per heavy atom. The predicted molar refractivity (Wildman–Crippen MR) is 132 cm³/mol. The third kappa shape index (κ3) is 5.75. The highest BCUT2D eigenvalue weighted by Crippen LogP contribution is 2.35. The van der Waals surface area contributed by atoms with E-state index in [1.807, 2.05) is 0 Å². The fourth-order valence-corrected chi connectivity index (χ4v) is 6.39. The Bertz CT molecular complexity index is 1280. The van der Waals surface area contributed by atoms with Gasteiger partial charge in [-0.2, -0.15) is 4.31 Å². The van der Waals surface area contributed by atoms with Gasteiger partial charge in [0.25, 0.3) is 5.91 Å². The van der Waals surface area contributed by atoms with Crippen LogP contribution in [0.5, 0.6) is 11.5 Å². The van der Waals surface area contributed by atoms with Gasteiger partial charge in [0.2, 0.25) is 20.0 Å². The molecule has 1 N–H and O–H groups in total. The molecular formula is C23H29N3O8S2. The molecule has 2 aliphatic heterocycles. The molecule has 0 bridgehead atoms. The second-order valence-electron chi connectivity index (χ2n) is 8.13. The number of nitrogens with one attached hydrogen (secondary N) is 1. The Kier molecular flexibility index (Phi) is 8.03. The second-order valence-corrected chi connectivity index (χ2v) is 12.3. The number of hydrogen-bond acceptors (Lipinski definition) is 8. The van der Waals surface area contributed by atoms with Crippen LogP contribution in [0.3, 0.4) is 0 Å². The average molecular weight is 540 g/mol. The molecule has 0 unspecified atom stereocenters. The highest BCUT2D eigenvalue weighted by Gasteiger charge is 2.35. The average Bonchev–Trinajstić information content (AvgIpc) is 2.91. The van der Waals surface area contributed by atoms with Gasteiger partial charge in [-0.15, -0.1) is 0 Å². The Morgan fingerprint density at radius 3 is 2.44 bits per heavy atom. The Hall–Kier alpha value is -2.87. The summed E-state index contributed by atoms with van der Waals surface area (Å²) in [6.45, 7) is 3.07. The number of para-hydroxylation sites is 2. The van der Waals surface area contributed by atoms with Crippen LogP contribution in [0.15, 0.2) is 53.4 Å². The van der Waals surface area contributed by atoms with E-state index in [9.17, 15) is 21.6 Å². The molecule has 1 atom stereocenters. The van der Waals surface area contributed by atoms with Crippen molar-refractivity contribution in [3.05, 3.63) is 48.5 Å². The van der Waals surface area contributed by atoms with Gasteiger partial charge in [0.1, 0.15) is 18.1 Å². The molecule has 13 heteroatoms. The summed E-state index contributed by atoms with van der Waals surface area (Å²) >= 11 is 0. The summed E-state index contributed by atoms with van der Waals surface area (Å²) in [4.78, 5) is 12.9. The van der Waals surface area contributed by atoms with E-state index in [0.29, 0.717) is 43.5 Å². The Balaban J connectivity index is 1.30. The van der Waals surface area contributed by atoms with Crippen LogP contribution in [0.2, 0.25) is 0 Å². The van der Waals surface area contributed by atoms with Gasteiger partial charge >= 0.3 is 0 Å². The maximum Gasteiger partial charge on any atom is 0.263 e. The SMILES string of the molecule is CCS(=O)(=O)N1C[C@H](C(=O)NCCOc2ccc(S(=O)(=O)N3CCOCC3)cc2)Oc2ccccc21. The number of hydrogen-bond donors (Lipinski definition) is 1. The summed E-state index contributed by atoms with van der Waals surface area (Å²) in [5.41, 5.74) is 0.408. The van der Waals surface area contributed by atoms with E-state index in [2.05, 4.69) is 5.32 Å². The van der Waals surface area contributed by atoms with Crippen molar-refractivity contribution in [3.63, 3.8) is 0 Å². The van der Waals surface area contributed by atoms with Crippen molar-refractivity contribution in [1.82, 2.24) is 9.62 Å². The summed E-state index contributed by atoms with van der Waals surface area (Å²) in [5, 5.41) is 2.70. The molecule has 1 saturated heterocycles. The lowest BCUT2D eigenvalue weighted by atomic mass is 10.2. The zero-order valence-corrected chi connectivity index (χ0v) is 21.5. The Labute approximate surface area is 211 Å². The maximum atomic E-state index is 12.7. The van der Waals surface area contributed by atoms with E-state index >= 15 is 0 Å². The van der Waals surface area contributed by atoms with Crippen LogP contribution in [0.25, 0.3) is 0 Å². The molecule has 1 fully saturated rings. The number of morpholine rings is 1. The van der Waals surface area contributed by atoms with E-state index in [1.165, 1.54) is 20.7 Å². The van der Waals surface area contributed by atoms with Crippen molar-refractivity contribution in [2.24, 2.45) is 0 Å². The van der Waals surface area contributed by atoms with Crippen LogP contribution in [-0.2, 0) is 29.6 Å². The van der Waals surface area contributed by atoms with Crippen LogP contribution < -0.4 is 19.1 Å². The van der Waals surface area contributed by atoms with Crippen molar-refractivity contribution in [2.75, 3.05) is 56.1 Å². The number of benzene rings is 2. The first-order valence-corrected chi connectivity index (χ1v) is 14.6. The molecule has 0 saturated carbocycles. The van der Waals surface area contributed by atoms with Gasteiger partial charge in [0.05, 0.1) is 42.6 Å². The molecule has 2 aromatic carbocycles. The number of sulfonamides is 2. The minimum Gasteiger partial charge on any atom is -0.492 e. The van der Waals surface area contributed by atoms with E-state index in [1.54, 1.807) is 43.3 Å². The van der Waals surface area contributed by atoms with E-state index in [0.717, 1.165) is 0 Å². The lowest BCUT2D eigenvalue weighted by Crippen LogP contribution is -2.51. The van der Waals surface area contributed by atoms with Gasteiger partial charge < -0.3 is 19.5 Å². The number of anilines is 1. The molecule has 2 aromatic rings. The van der Waals surface area contributed by atoms with Crippen LogP contribution in [0, 0.1) is 0 Å². The molecule has 0 spiro atoms. The number of rotatable bonds is 9. The van der Waals surface area contributed by atoms with Crippen LogP contribution in [0.1, 0.15) is 6.92 Å². The van der Waals surface area contributed by atoms with Crippen molar-refractivity contribution in [3.8, 4) is 11.5 Å². The Morgan fingerprint density at radius 2 is 1.75 bits per heavy atom. The normalized spacial score (nSPS) is 18.7. The molecule has 36 heavy (non-hydrogen) atoms. The minimum absolute atomic E-state index is 0.101. The lowest BCUT2D eigenvalue weighted by molar-refractivity contribution is -0.127. The van der Waals surface area contributed by atoms with Crippen molar-refractivity contribution >= 4 is 31.6 Å². The largest absolute Gasteiger partial charge is 0.492 e. The molecule has 2 heterocycles. The summed E-state index contributed by atoms with van der Waals surface area (Å²) < 4.78 is 69.7. The number of carbonyl (C=O) groups excluding carboxylic acids is 1. The summed E-state index contributed by atoms with van der Waals surface area (Å²) in [6.07, 6.45) is -1.01. The molecule has 1 amide bonds. The number of nitrogens with zero attached hydrogens (tertiary/aromatic N) is 2. The molecular weight excluding hydrogens is 510 g/mol. The van der Waals surface area contributed by atoms with Gasteiger partial charge in [-0.25, -0.2) is 16.8 Å².